The van der Waals surface area contributed by atoms with Gasteiger partial charge in [-0.25, -0.2) is 0 Å². The highest BCUT2D eigenvalue weighted by Gasteiger charge is 2.16. The largest absolute Gasteiger partial charge is 0.540 e. The second-order valence-corrected chi connectivity index (χ2v) is 9.82. The monoisotopic (exact) mass is 405 g/mol. The summed E-state index contributed by atoms with van der Waals surface area (Å²) in [6, 6.07) is 0. The van der Waals surface area contributed by atoms with Crippen molar-refractivity contribution >= 4 is 13.1 Å². The molecule has 162 valence electrons. The van der Waals surface area contributed by atoms with E-state index in [1.54, 1.807) is 0 Å². The highest BCUT2D eigenvalue weighted by molar-refractivity contribution is 7.74. The predicted octanol–water partition coefficient (Wildman–Crippen LogP) is 6.14. The van der Waals surface area contributed by atoms with Crippen LogP contribution in [0.1, 0.15) is 103 Å². The van der Waals surface area contributed by atoms with Crippen LogP contribution in [0.3, 0.4) is 0 Å². The Kier molecular flexibility index (Phi) is 18.7. The molecule has 27 heavy (non-hydrogen) atoms. The lowest BCUT2D eigenvalue weighted by atomic mass is 10.0. The Morgan fingerprint density at radius 3 is 1.56 bits per heavy atom. The average molecular weight is 406 g/mol. The van der Waals surface area contributed by atoms with E-state index in [-0.39, 0.29) is 6.61 Å². The molecule has 0 aliphatic heterocycles. The first-order valence-electron chi connectivity index (χ1n) is 11.0. The molecule has 0 aromatic carbocycles. The van der Waals surface area contributed by atoms with Crippen molar-refractivity contribution in [1.82, 2.24) is 0 Å². The highest BCUT2D eigenvalue weighted by atomic mass is 31.2. The first-order valence-corrected chi connectivity index (χ1v) is 13.1. The number of carbonyl (C=O) groups excluding carboxylic acids is 1. The summed E-state index contributed by atoms with van der Waals surface area (Å²) >= 11 is 0. The van der Waals surface area contributed by atoms with Crippen molar-refractivity contribution in [3.05, 3.63) is 0 Å². The Labute approximate surface area is 167 Å². The molecule has 0 bridgehead atoms. The third-order valence-electron chi connectivity index (χ3n) is 4.74. The van der Waals surface area contributed by atoms with Crippen molar-refractivity contribution in [1.29, 1.82) is 0 Å². The molecule has 0 amide bonds. The van der Waals surface area contributed by atoms with E-state index in [4.69, 9.17) is 9.26 Å². The lowest BCUT2D eigenvalue weighted by molar-refractivity contribution is -0.235. The molecule has 0 saturated heterocycles. The van der Waals surface area contributed by atoms with Crippen molar-refractivity contribution in [2.75, 3.05) is 26.5 Å². The maximum Gasteiger partial charge on any atom is 0.244 e. The second-order valence-electron chi connectivity index (χ2n) is 7.51. The summed E-state index contributed by atoms with van der Waals surface area (Å²) in [5.74, 6) is 0. The third-order valence-corrected chi connectivity index (χ3v) is 6.08. The van der Waals surface area contributed by atoms with E-state index in [0.29, 0.717) is 13.0 Å². The zero-order valence-electron chi connectivity index (χ0n) is 17.7. The molecule has 1 unspecified atom stereocenters. The minimum absolute atomic E-state index is 0.125. The summed E-state index contributed by atoms with van der Waals surface area (Å²) in [6.07, 6.45) is 19.3. The Bertz CT molecular complexity index is 387. The fourth-order valence-corrected chi connectivity index (χ4v) is 3.54. The minimum atomic E-state index is -3.61. The van der Waals surface area contributed by atoms with Gasteiger partial charge in [0, 0.05) is 19.9 Å². The molecular weight excluding hydrogens is 363 g/mol. The molecule has 0 rings (SSSR count). The standard InChI is InChI=1S/C21H43O5P/c1-3-4-5-6-7-8-9-10-11-12-13-14-15-16-18-25-19-17-20-26-27(2,24)21(22)23/h3-20H2,1-2H3,(H,22,23)/p-1. The zero-order chi connectivity index (χ0) is 20.2. The normalized spacial score (nSPS) is 13.6. The van der Waals surface area contributed by atoms with Gasteiger partial charge in [0.25, 0.3) is 0 Å². The van der Waals surface area contributed by atoms with Crippen LogP contribution in [0.4, 0.5) is 4.79 Å². The Morgan fingerprint density at radius 1 is 0.704 bits per heavy atom. The molecule has 0 aromatic heterocycles. The summed E-state index contributed by atoms with van der Waals surface area (Å²) < 4.78 is 21.7. The molecule has 0 aliphatic rings. The molecule has 1 atom stereocenters. The van der Waals surface area contributed by atoms with Crippen LogP contribution in [0.25, 0.3) is 0 Å². The van der Waals surface area contributed by atoms with E-state index >= 15 is 0 Å². The Hall–Kier alpha value is -0.380. The van der Waals surface area contributed by atoms with E-state index in [1.165, 1.54) is 83.5 Å². The second kappa shape index (κ2) is 19.0. The van der Waals surface area contributed by atoms with Crippen molar-refractivity contribution in [3.63, 3.8) is 0 Å². The molecule has 6 heteroatoms. The summed E-state index contributed by atoms with van der Waals surface area (Å²) in [6.45, 7) is 4.69. The molecule has 0 aromatic rings. The van der Waals surface area contributed by atoms with Crippen molar-refractivity contribution in [2.24, 2.45) is 0 Å². The highest BCUT2D eigenvalue weighted by Crippen LogP contribution is 2.41. The molecule has 0 radical (unpaired) electrons. The van der Waals surface area contributed by atoms with E-state index < -0.39 is 13.1 Å². The van der Waals surface area contributed by atoms with E-state index in [1.807, 2.05) is 0 Å². The van der Waals surface area contributed by atoms with Crippen LogP contribution in [0.2, 0.25) is 0 Å². The van der Waals surface area contributed by atoms with Crippen LogP contribution in [0.5, 0.6) is 0 Å². The van der Waals surface area contributed by atoms with Gasteiger partial charge in [0.05, 0.1) is 6.61 Å². The van der Waals surface area contributed by atoms with Gasteiger partial charge in [-0.2, -0.15) is 0 Å². The summed E-state index contributed by atoms with van der Waals surface area (Å²) in [5.41, 5.74) is -1.62. The van der Waals surface area contributed by atoms with Crippen molar-refractivity contribution in [3.8, 4) is 0 Å². The first-order chi connectivity index (χ1) is 13.0. The molecular formula is C21H42O5P-. The van der Waals surface area contributed by atoms with Crippen LogP contribution in [0.15, 0.2) is 0 Å². The molecule has 5 nitrogen and oxygen atoms in total. The molecule has 0 spiro atoms. The maximum absolute atomic E-state index is 11.4. The quantitative estimate of drug-likeness (QED) is 0.169. The summed E-state index contributed by atoms with van der Waals surface area (Å²) in [7, 11) is -3.61. The van der Waals surface area contributed by atoms with Gasteiger partial charge in [-0.05, 0) is 12.8 Å². The topological polar surface area (TPSA) is 75.7 Å². The number of carboxylic acid groups (broad SMARTS) is 1. The number of ether oxygens (including phenoxy) is 1. The molecule has 0 aliphatic carbocycles. The van der Waals surface area contributed by atoms with Gasteiger partial charge < -0.3 is 19.2 Å². The van der Waals surface area contributed by atoms with Crippen LogP contribution >= 0.6 is 7.37 Å². The average Bonchev–Trinajstić information content (AvgIpc) is 2.63. The van der Waals surface area contributed by atoms with Crippen LogP contribution < -0.4 is 5.11 Å². The minimum Gasteiger partial charge on any atom is -0.540 e. The Morgan fingerprint density at radius 2 is 1.11 bits per heavy atom. The fourth-order valence-electron chi connectivity index (χ4n) is 2.95. The van der Waals surface area contributed by atoms with Crippen LogP contribution in [-0.2, 0) is 13.8 Å². The number of unbranched alkanes of at least 4 members (excludes halogenated alkanes) is 13. The first kappa shape index (κ1) is 26.6. The summed E-state index contributed by atoms with van der Waals surface area (Å²) in [4.78, 5) is 10.5. The Balaban J connectivity index is 3.13. The SMILES string of the molecule is CCCCCCCCCCCCCCCCOCCCOP(C)(=O)C(=O)[O-]. The smallest absolute Gasteiger partial charge is 0.244 e. The van der Waals surface area contributed by atoms with Gasteiger partial charge in [0.1, 0.15) is 5.71 Å². The predicted molar refractivity (Wildman–Crippen MR) is 111 cm³/mol. The van der Waals surface area contributed by atoms with Crippen molar-refractivity contribution in [2.45, 2.75) is 103 Å². The van der Waals surface area contributed by atoms with Gasteiger partial charge in [0.15, 0.2) is 0 Å². The number of carbonyl (C=O) groups is 1. The molecule has 0 fully saturated rings. The van der Waals surface area contributed by atoms with Crippen LogP contribution in [-0.4, -0.2) is 32.2 Å². The summed E-state index contributed by atoms with van der Waals surface area (Å²) in [5, 5.41) is 10.5. The van der Waals surface area contributed by atoms with Gasteiger partial charge in [-0.1, -0.05) is 90.4 Å². The van der Waals surface area contributed by atoms with Gasteiger partial charge in [0.2, 0.25) is 7.37 Å². The van der Waals surface area contributed by atoms with Gasteiger partial charge >= 0.3 is 0 Å². The maximum atomic E-state index is 11.4. The van der Waals surface area contributed by atoms with Gasteiger partial charge in [-0.15, -0.1) is 0 Å². The fraction of sp³-hybridized carbons (Fsp3) is 0.952. The molecule has 0 heterocycles. The van der Waals surface area contributed by atoms with Gasteiger partial charge in [-0.3, -0.25) is 4.57 Å². The van der Waals surface area contributed by atoms with E-state index in [9.17, 15) is 14.5 Å². The lowest BCUT2D eigenvalue weighted by Crippen LogP contribution is -2.21. The van der Waals surface area contributed by atoms with E-state index in [0.717, 1.165) is 19.7 Å². The molecule has 0 saturated carbocycles. The molecule has 0 N–H and O–H groups in total. The number of hydrogen-bond acceptors (Lipinski definition) is 5. The van der Waals surface area contributed by atoms with E-state index in [2.05, 4.69) is 6.92 Å². The third kappa shape index (κ3) is 18.7. The zero-order valence-corrected chi connectivity index (χ0v) is 18.6. The van der Waals surface area contributed by atoms with Crippen LogP contribution in [0, 0.1) is 0 Å². The lowest BCUT2D eigenvalue weighted by Gasteiger charge is -2.14. The number of rotatable bonds is 21. The number of hydrogen-bond donors (Lipinski definition) is 0. The van der Waals surface area contributed by atoms with Crippen molar-refractivity contribution < 1.29 is 23.7 Å².